The van der Waals surface area contributed by atoms with Crippen LogP contribution in [0, 0.1) is 0 Å². The zero-order valence-electron chi connectivity index (χ0n) is 28.9. The average Bonchev–Trinajstić information content (AvgIpc) is 3.61. The van der Waals surface area contributed by atoms with E-state index in [2.05, 4.69) is 184 Å². The van der Waals surface area contributed by atoms with E-state index in [-0.39, 0.29) is 10.8 Å². The van der Waals surface area contributed by atoms with Crippen molar-refractivity contribution in [2.75, 3.05) is 0 Å². The van der Waals surface area contributed by atoms with E-state index in [9.17, 15) is 0 Å². The second-order valence-corrected chi connectivity index (χ2v) is 15.7. The van der Waals surface area contributed by atoms with Crippen molar-refractivity contribution in [3.05, 3.63) is 196 Å². The number of nitrogens with zero attached hydrogens (tertiary/aromatic N) is 1. The van der Waals surface area contributed by atoms with Crippen molar-refractivity contribution in [2.24, 2.45) is 0 Å². The summed E-state index contributed by atoms with van der Waals surface area (Å²) in [6, 6.07) is 57.9. The highest BCUT2D eigenvalue weighted by atomic mass is 15.0. The Hall–Kier alpha value is -5.66. The maximum absolute atomic E-state index is 2.55. The van der Waals surface area contributed by atoms with Crippen LogP contribution in [0.2, 0.25) is 0 Å². The van der Waals surface area contributed by atoms with E-state index in [1.165, 1.54) is 94.3 Å². The molecular formula is C49H37N. The van der Waals surface area contributed by atoms with Gasteiger partial charge in [-0.1, -0.05) is 155 Å². The van der Waals surface area contributed by atoms with Gasteiger partial charge in [0.15, 0.2) is 0 Å². The highest BCUT2D eigenvalue weighted by Crippen LogP contribution is 2.61. The Kier molecular flexibility index (Phi) is 5.25. The summed E-state index contributed by atoms with van der Waals surface area (Å²) < 4.78 is 2.53. The van der Waals surface area contributed by atoms with E-state index in [0.717, 1.165) is 0 Å². The van der Waals surface area contributed by atoms with Crippen molar-refractivity contribution < 1.29 is 0 Å². The van der Waals surface area contributed by atoms with Crippen molar-refractivity contribution in [1.82, 2.24) is 4.57 Å². The second-order valence-electron chi connectivity index (χ2n) is 15.7. The van der Waals surface area contributed by atoms with Gasteiger partial charge >= 0.3 is 0 Å². The lowest BCUT2D eigenvalue weighted by Gasteiger charge is -2.50. The van der Waals surface area contributed by atoms with Crippen molar-refractivity contribution in [3.8, 4) is 27.9 Å². The molecule has 11 rings (SSSR count). The summed E-state index contributed by atoms with van der Waals surface area (Å²) in [6.45, 7) is 9.58. The summed E-state index contributed by atoms with van der Waals surface area (Å²) in [6.07, 6.45) is 0. The maximum atomic E-state index is 2.55. The first-order valence-corrected chi connectivity index (χ1v) is 18.0. The van der Waals surface area contributed by atoms with Crippen LogP contribution in [0.15, 0.2) is 152 Å². The van der Waals surface area contributed by atoms with Crippen molar-refractivity contribution in [1.29, 1.82) is 0 Å². The van der Waals surface area contributed by atoms with Gasteiger partial charge in [-0.15, -0.1) is 0 Å². The summed E-state index contributed by atoms with van der Waals surface area (Å²) in [4.78, 5) is 0. The van der Waals surface area contributed by atoms with Gasteiger partial charge in [-0.25, -0.2) is 0 Å². The predicted molar refractivity (Wildman–Crippen MR) is 208 cm³/mol. The van der Waals surface area contributed by atoms with Gasteiger partial charge in [-0.2, -0.15) is 0 Å². The SMILES string of the molecule is CC1(C)c2ccccc2-c2ccc(-c3ccc4c(c3)C3(c5ccccc5-n5c6ccccc6c6cccc3c65)c3ccccc3C4(C)C)cc21. The fourth-order valence-corrected chi connectivity index (χ4v) is 10.4. The molecule has 1 unspecified atom stereocenters. The first-order chi connectivity index (χ1) is 24.3. The zero-order chi connectivity index (χ0) is 33.6. The quantitative estimate of drug-likeness (QED) is 0.168. The third-order valence-electron chi connectivity index (χ3n) is 12.7. The Balaban J connectivity index is 1.26. The summed E-state index contributed by atoms with van der Waals surface area (Å²) in [5.74, 6) is 0. The fourth-order valence-electron chi connectivity index (χ4n) is 10.4. The molecule has 3 aliphatic rings. The molecule has 0 radical (unpaired) electrons. The summed E-state index contributed by atoms with van der Waals surface area (Å²) in [5, 5.41) is 2.61. The molecule has 0 fully saturated rings. The average molecular weight is 640 g/mol. The van der Waals surface area contributed by atoms with Crippen LogP contribution in [0.3, 0.4) is 0 Å². The minimum absolute atomic E-state index is 0.0519. The number of fused-ring (bicyclic) bond motifs is 14. The van der Waals surface area contributed by atoms with Crippen LogP contribution in [0.4, 0.5) is 0 Å². The van der Waals surface area contributed by atoms with Gasteiger partial charge in [0.1, 0.15) is 0 Å². The number of benzene rings is 7. The molecule has 1 aromatic heterocycles. The molecule has 1 atom stereocenters. The number of hydrogen-bond acceptors (Lipinski definition) is 0. The number of hydrogen-bond donors (Lipinski definition) is 0. The summed E-state index contributed by atoms with van der Waals surface area (Å²) in [7, 11) is 0. The molecule has 0 saturated carbocycles. The molecule has 1 heteroatoms. The van der Waals surface area contributed by atoms with Crippen LogP contribution in [0.25, 0.3) is 49.7 Å². The number of para-hydroxylation sites is 3. The van der Waals surface area contributed by atoms with Crippen molar-refractivity contribution in [3.63, 3.8) is 0 Å². The van der Waals surface area contributed by atoms with E-state index >= 15 is 0 Å². The third kappa shape index (κ3) is 3.20. The van der Waals surface area contributed by atoms with Gasteiger partial charge in [0, 0.05) is 21.6 Å². The molecule has 0 bridgehead atoms. The van der Waals surface area contributed by atoms with Gasteiger partial charge in [-0.3, -0.25) is 0 Å². The first kappa shape index (κ1) is 28.2. The lowest BCUT2D eigenvalue weighted by Crippen LogP contribution is -2.44. The lowest BCUT2D eigenvalue weighted by molar-refractivity contribution is 0.556. The zero-order valence-corrected chi connectivity index (χ0v) is 28.9. The Morgan fingerprint density at radius 2 is 0.940 bits per heavy atom. The van der Waals surface area contributed by atoms with Gasteiger partial charge in [0.25, 0.3) is 0 Å². The molecular weight excluding hydrogens is 603 g/mol. The summed E-state index contributed by atoms with van der Waals surface area (Å²) >= 11 is 0. The molecule has 238 valence electrons. The van der Waals surface area contributed by atoms with Crippen LogP contribution in [0.5, 0.6) is 0 Å². The van der Waals surface area contributed by atoms with Crippen molar-refractivity contribution in [2.45, 2.75) is 43.9 Å². The van der Waals surface area contributed by atoms with Gasteiger partial charge < -0.3 is 4.57 Å². The Morgan fingerprint density at radius 3 is 1.78 bits per heavy atom. The lowest BCUT2D eigenvalue weighted by atomic mass is 9.53. The van der Waals surface area contributed by atoms with E-state index in [0.29, 0.717) is 0 Å². The Morgan fingerprint density at radius 1 is 0.380 bits per heavy atom. The topological polar surface area (TPSA) is 4.93 Å². The molecule has 2 aliphatic carbocycles. The second kappa shape index (κ2) is 9.31. The molecule has 7 aromatic carbocycles. The van der Waals surface area contributed by atoms with Crippen LogP contribution in [-0.2, 0) is 16.2 Å². The molecule has 8 aromatic rings. The molecule has 0 saturated heterocycles. The van der Waals surface area contributed by atoms with E-state index in [1.807, 2.05) is 0 Å². The minimum atomic E-state index is -0.496. The van der Waals surface area contributed by atoms with Gasteiger partial charge in [0.05, 0.1) is 22.1 Å². The molecule has 1 spiro atoms. The highest BCUT2D eigenvalue weighted by molar-refractivity contribution is 6.12. The van der Waals surface area contributed by atoms with Crippen LogP contribution >= 0.6 is 0 Å². The fraction of sp³-hybridized carbons (Fsp3) is 0.143. The molecule has 1 nitrogen and oxygen atoms in total. The Labute approximate surface area is 293 Å². The Bertz CT molecular complexity index is 2770. The minimum Gasteiger partial charge on any atom is -0.309 e. The number of aromatic nitrogens is 1. The van der Waals surface area contributed by atoms with Gasteiger partial charge in [-0.05, 0) is 91.0 Å². The largest absolute Gasteiger partial charge is 0.309 e. The maximum Gasteiger partial charge on any atom is 0.0748 e. The van der Waals surface area contributed by atoms with E-state index in [4.69, 9.17) is 0 Å². The van der Waals surface area contributed by atoms with E-state index in [1.54, 1.807) is 0 Å². The van der Waals surface area contributed by atoms with Crippen molar-refractivity contribution >= 4 is 21.8 Å². The predicted octanol–water partition coefficient (Wildman–Crippen LogP) is 12.1. The molecule has 1 aliphatic heterocycles. The highest BCUT2D eigenvalue weighted by Gasteiger charge is 2.52. The number of rotatable bonds is 1. The van der Waals surface area contributed by atoms with Crippen LogP contribution in [0.1, 0.15) is 72.2 Å². The molecule has 50 heavy (non-hydrogen) atoms. The van der Waals surface area contributed by atoms with Gasteiger partial charge in [0.2, 0.25) is 0 Å². The molecule has 0 N–H and O–H groups in total. The summed E-state index contributed by atoms with van der Waals surface area (Å²) in [5.41, 5.74) is 19.5. The first-order valence-electron chi connectivity index (χ1n) is 18.0. The monoisotopic (exact) mass is 639 g/mol. The third-order valence-corrected chi connectivity index (χ3v) is 12.7. The normalized spacial score (nSPS) is 18.4. The van der Waals surface area contributed by atoms with Crippen LogP contribution in [-0.4, -0.2) is 4.57 Å². The molecule has 0 amide bonds. The van der Waals surface area contributed by atoms with Crippen LogP contribution < -0.4 is 0 Å². The molecule has 2 heterocycles. The smallest absolute Gasteiger partial charge is 0.0748 e. The standard InChI is InChI=1S/C49H37N/c1-47(2)36-17-7-5-14-32(36)33-26-24-30(28-42(33)47)31-25-27-38-43(29-31)49(39-19-9-8-18-37(39)48(38,3)4)40-20-10-12-23-45(40)50-44-22-11-6-15-34(44)35-16-13-21-41(49)46(35)50/h5-29H,1-4H3. The van der Waals surface area contributed by atoms with E-state index < -0.39 is 5.41 Å².